The molecule has 1 aromatic rings. The monoisotopic (exact) mass is 316 g/mol. The van der Waals surface area contributed by atoms with Gasteiger partial charge in [0.1, 0.15) is 0 Å². The van der Waals surface area contributed by atoms with Crippen LogP contribution in [0.4, 0.5) is 5.69 Å². The molecule has 2 atom stereocenters. The maximum atomic E-state index is 12.7. The van der Waals surface area contributed by atoms with Crippen LogP contribution in [0.25, 0.3) is 0 Å². The van der Waals surface area contributed by atoms with Gasteiger partial charge in [0.15, 0.2) is 0 Å². The molecule has 1 saturated carbocycles. The average molecular weight is 316 g/mol. The molecular weight excluding hydrogens is 292 g/mol. The number of hydrogen-bond acceptors (Lipinski definition) is 4. The van der Waals surface area contributed by atoms with Gasteiger partial charge in [-0.15, -0.1) is 0 Å². The molecule has 1 saturated heterocycles. The van der Waals surface area contributed by atoms with Crippen molar-refractivity contribution < 1.29 is 9.59 Å². The third-order valence-corrected chi connectivity index (χ3v) is 5.09. The molecule has 2 aliphatic rings. The van der Waals surface area contributed by atoms with E-state index in [1.54, 1.807) is 24.5 Å². The number of anilines is 1. The minimum atomic E-state index is -0.250. The summed E-state index contributed by atoms with van der Waals surface area (Å²) in [4.78, 5) is 28.5. The Morgan fingerprint density at radius 2 is 2.13 bits per heavy atom. The summed E-state index contributed by atoms with van der Waals surface area (Å²) in [5, 5.41) is 9.15. The lowest BCUT2D eigenvalue weighted by Gasteiger charge is -2.37. The van der Waals surface area contributed by atoms with E-state index in [0.29, 0.717) is 12.5 Å². The molecule has 6 heteroatoms. The van der Waals surface area contributed by atoms with E-state index < -0.39 is 0 Å². The predicted molar refractivity (Wildman–Crippen MR) is 87.8 cm³/mol. The first-order valence-electron chi connectivity index (χ1n) is 8.40. The van der Waals surface area contributed by atoms with Gasteiger partial charge < -0.3 is 16.0 Å². The number of rotatable bonds is 5. The molecule has 124 valence electrons. The second-order valence-electron chi connectivity index (χ2n) is 6.52. The number of carbonyl (C=O) groups excluding carboxylic acids is 2. The summed E-state index contributed by atoms with van der Waals surface area (Å²) in [6, 6.07) is 3.48. The van der Waals surface area contributed by atoms with Crippen molar-refractivity contribution in [3.63, 3.8) is 0 Å². The van der Waals surface area contributed by atoms with Crippen molar-refractivity contribution in [2.75, 3.05) is 25.0 Å². The van der Waals surface area contributed by atoms with Gasteiger partial charge in [-0.05, 0) is 37.4 Å². The molecule has 2 heterocycles. The van der Waals surface area contributed by atoms with E-state index in [2.05, 4.69) is 20.9 Å². The van der Waals surface area contributed by atoms with Crippen molar-refractivity contribution >= 4 is 17.5 Å². The Kier molecular flexibility index (Phi) is 4.91. The molecular formula is C17H24N4O2. The largest absolute Gasteiger partial charge is 0.355 e. The number of amides is 2. The molecule has 0 unspecified atom stereocenters. The van der Waals surface area contributed by atoms with Crippen molar-refractivity contribution in [1.29, 1.82) is 0 Å². The first-order valence-corrected chi connectivity index (χ1v) is 8.40. The van der Waals surface area contributed by atoms with Gasteiger partial charge >= 0.3 is 0 Å². The molecule has 0 spiro atoms. The van der Waals surface area contributed by atoms with Gasteiger partial charge in [0, 0.05) is 37.6 Å². The topological polar surface area (TPSA) is 83.1 Å². The Labute approximate surface area is 136 Å². The van der Waals surface area contributed by atoms with Crippen LogP contribution in [0.1, 0.15) is 32.1 Å². The maximum Gasteiger partial charge on any atom is 0.227 e. The number of nitrogens with zero attached hydrogens (tertiary/aromatic N) is 1. The minimum absolute atomic E-state index is 0.0984. The van der Waals surface area contributed by atoms with Crippen LogP contribution in [-0.2, 0) is 9.59 Å². The van der Waals surface area contributed by atoms with Crippen molar-refractivity contribution in [2.24, 2.45) is 11.3 Å². The highest BCUT2D eigenvalue weighted by molar-refractivity contribution is 5.91. The van der Waals surface area contributed by atoms with Crippen molar-refractivity contribution in [2.45, 2.75) is 32.1 Å². The van der Waals surface area contributed by atoms with E-state index in [1.165, 1.54) is 6.42 Å². The Morgan fingerprint density at radius 1 is 1.30 bits per heavy atom. The molecule has 2 amide bonds. The minimum Gasteiger partial charge on any atom is -0.355 e. The van der Waals surface area contributed by atoms with Gasteiger partial charge in [-0.3, -0.25) is 14.6 Å². The molecule has 1 aliphatic carbocycles. The highest BCUT2D eigenvalue weighted by Crippen LogP contribution is 2.43. The van der Waals surface area contributed by atoms with E-state index in [-0.39, 0.29) is 23.7 Å². The fourth-order valence-electron chi connectivity index (χ4n) is 3.81. The molecule has 2 fully saturated rings. The highest BCUT2D eigenvalue weighted by Gasteiger charge is 2.49. The maximum absolute atomic E-state index is 12.7. The molecule has 0 bridgehead atoms. The van der Waals surface area contributed by atoms with E-state index in [0.717, 1.165) is 38.0 Å². The molecule has 6 nitrogen and oxygen atoms in total. The summed E-state index contributed by atoms with van der Waals surface area (Å²) in [5.41, 5.74) is 0.474. The zero-order valence-electron chi connectivity index (χ0n) is 13.3. The lowest BCUT2D eigenvalue weighted by molar-refractivity contribution is -0.134. The van der Waals surface area contributed by atoms with Crippen LogP contribution in [0.5, 0.6) is 0 Å². The molecule has 0 radical (unpaired) electrons. The second-order valence-corrected chi connectivity index (χ2v) is 6.52. The Balaban J connectivity index is 1.46. The van der Waals surface area contributed by atoms with Crippen LogP contribution in [-0.4, -0.2) is 36.4 Å². The number of aromatic nitrogens is 1. The van der Waals surface area contributed by atoms with Crippen LogP contribution in [0.3, 0.4) is 0 Å². The van der Waals surface area contributed by atoms with Crippen LogP contribution >= 0.6 is 0 Å². The third kappa shape index (κ3) is 3.52. The van der Waals surface area contributed by atoms with Gasteiger partial charge in [0.05, 0.1) is 5.41 Å². The molecule has 1 aliphatic heterocycles. The molecule has 23 heavy (non-hydrogen) atoms. The van der Waals surface area contributed by atoms with Crippen LogP contribution in [0.15, 0.2) is 24.5 Å². The lowest BCUT2D eigenvalue weighted by atomic mass is 9.67. The first-order chi connectivity index (χ1) is 11.2. The quantitative estimate of drug-likeness (QED) is 0.765. The van der Waals surface area contributed by atoms with E-state index in [4.69, 9.17) is 0 Å². The van der Waals surface area contributed by atoms with Gasteiger partial charge in [-0.2, -0.15) is 0 Å². The van der Waals surface area contributed by atoms with Crippen LogP contribution in [0, 0.1) is 11.3 Å². The van der Waals surface area contributed by atoms with Crippen molar-refractivity contribution in [1.82, 2.24) is 15.6 Å². The summed E-state index contributed by atoms with van der Waals surface area (Å²) in [5.74, 6) is 0.463. The molecule has 3 rings (SSSR count). The summed E-state index contributed by atoms with van der Waals surface area (Å²) in [6.45, 7) is 2.09. The predicted octanol–water partition coefficient (Wildman–Crippen LogP) is 1.31. The SMILES string of the molecule is O=C(CCNC(=O)[C@@]12CCCC[C@H]1CNC2)Nc1ccncc1. The van der Waals surface area contributed by atoms with Crippen molar-refractivity contribution in [3.8, 4) is 0 Å². The van der Waals surface area contributed by atoms with Crippen LogP contribution < -0.4 is 16.0 Å². The lowest BCUT2D eigenvalue weighted by Crippen LogP contribution is -2.48. The normalized spacial score (nSPS) is 26.3. The number of hydrogen-bond donors (Lipinski definition) is 3. The fraction of sp³-hybridized carbons (Fsp3) is 0.588. The molecule has 0 aromatic carbocycles. The number of nitrogens with one attached hydrogen (secondary N) is 3. The third-order valence-electron chi connectivity index (χ3n) is 5.09. The van der Waals surface area contributed by atoms with E-state index >= 15 is 0 Å². The van der Waals surface area contributed by atoms with Gasteiger partial charge in [-0.1, -0.05) is 12.8 Å². The van der Waals surface area contributed by atoms with E-state index in [9.17, 15) is 9.59 Å². The Morgan fingerprint density at radius 3 is 2.96 bits per heavy atom. The summed E-state index contributed by atoms with van der Waals surface area (Å²) < 4.78 is 0. The second kappa shape index (κ2) is 7.08. The van der Waals surface area contributed by atoms with Gasteiger partial charge in [-0.25, -0.2) is 0 Å². The number of carbonyl (C=O) groups is 2. The standard InChI is InChI=1S/C17H24N4O2/c22-15(21-14-4-8-18-9-5-14)6-10-20-16(23)17-7-2-1-3-13(17)11-19-12-17/h4-5,8-9,13,19H,1-3,6-7,10-12H2,(H,20,23)(H,18,21,22)/t13-,17+/m0/s1. The number of pyridine rings is 1. The summed E-state index contributed by atoms with van der Waals surface area (Å²) in [6.07, 6.45) is 7.97. The summed E-state index contributed by atoms with van der Waals surface area (Å²) in [7, 11) is 0. The smallest absolute Gasteiger partial charge is 0.227 e. The average Bonchev–Trinajstić information content (AvgIpc) is 3.01. The first kappa shape index (κ1) is 15.9. The molecule has 1 aromatic heterocycles. The molecule has 3 N–H and O–H groups in total. The van der Waals surface area contributed by atoms with Crippen LogP contribution in [0.2, 0.25) is 0 Å². The Hall–Kier alpha value is -1.95. The Bertz CT molecular complexity index is 563. The fourth-order valence-corrected chi connectivity index (χ4v) is 3.81. The van der Waals surface area contributed by atoms with Gasteiger partial charge in [0.2, 0.25) is 11.8 Å². The zero-order valence-corrected chi connectivity index (χ0v) is 13.3. The van der Waals surface area contributed by atoms with E-state index in [1.807, 2.05) is 0 Å². The summed E-state index contributed by atoms with van der Waals surface area (Å²) >= 11 is 0. The number of fused-ring (bicyclic) bond motifs is 1. The zero-order chi connectivity index (χ0) is 16.1. The van der Waals surface area contributed by atoms with Gasteiger partial charge in [0.25, 0.3) is 0 Å². The highest BCUT2D eigenvalue weighted by atomic mass is 16.2. The van der Waals surface area contributed by atoms with Crippen molar-refractivity contribution in [3.05, 3.63) is 24.5 Å².